The fourth-order valence-electron chi connectivity index (χ4n) is 3.00. The fourth-order valence-corrected chi connectivity index (χ4v) is 3.63. The van der Waals surface area contributed by atoms with Crippen molar-refractivity contribution in [1.29, 1.82) is 0 Å². The zero-order valence-electron chi connectivity index (χ0n) is 20.3. The lowest BCUT2D eigenvalue weighted by molar-refractivity contribution is -0.706. The summed E-state index contributed by atoms with van der Waals surface area (Å²) in [5.41, 5.74) is 1.93. The topological polar surface area (TPSA) is 155 Å². The number of ether oxygens (including phenoxy) is 2. The Morgan fingerprint density at radius 2 is 1.78 bits per heavy atom. The van der Waals surface area contributed by atoms with Crippen molar-refractivity contribution in [2.45, 2.75) is 11.8 Å². The van der Waals surface area contributed by atoms with Gasteiger partial charge in [-0.15, -0.1) is 5.01 Å². The van der Waals surface area contributed by atoms with Crippen molar-refractivity contribution in [3.8, 4) is 16.9 Å². The molecule has 0 bridgehead atoms. The molecule has 0 aliphatic heterocycles. The van der Waals surface area contributed by atoms with Gasteiger partial charge in [0.05, 0.1) is 28.3 Å². The predicted molar refractivity (Wildman–Crippen MR) is 129 cm³/mol. The minimum Gasteiger partial charge on any atom is -0.569 e. The largest absolute Gasteiger partial charge is 0.569 e. The molecule has 14 heteroatoms. The van der Waals surface area contributed by atoms with Crippen LogP contribution in [0.3, 0.4) is 0 Å². The van der Waals surface area contributed by atoms with E-state index in [0.29, 0.717) is 11.4 Å². The molecule has 196 valence electrons. The van der Waals surface area contributed by atoms with Crippen molar-refractivity contribution in [2.24, 2.45) is 5.28 Å². The number of likely N-dealkylation sites (N-methyl/N-ethyl adjacent to an activating group) is 1. The van der Waals surface area contributed by atoms with Gasteiger partial charge < -0.3 is 19.5 Å². The number of sulfone groups is 1. The van der Waals surface area contributed by atoms with Crippen LogP contribution in [0, 0.1) is 5.21 Å². The van der Waals surface area contributed by atoms with Crippen molar-refractivity contribution in [3.63, 3.8) is 0 Å². The number of rotatable bonds is 11. The van der Waals surface area contributed by atoms with E-state index in [1.165, 1.54) is 30.8 Å². The molecule has 1 heterocycles. The van der Waals surface area contributed by atoms with Gasteiger partial charge in [0, 0.05) is 18.7 Å². The van der Waals surface area contributed by atoms with E-state index in [4.69, 9.17) is 4.74 Å². The molecule has 3 rings (SSSR count). The minimum atomic E-state index is -3.37. The highest BCUT2D eigenvalue weighted by molar-refractivity contribution is 7.90. The molecular formula is C23H25N5O8S. The lowest BCUT2D eigenvalue weighted by Gasteiger charge is -2.12. The first-order chi connectivity index (χ1) is 17.6. The highest BCUT2D eigenvalue weighted by Crippen LogP contribution is 2.25. The monoisotopic (exact) mass is 531 g/mol. The zero-order chi connectivity index (χ0) is 27.0. The van der Waals surface area contributed by atoms with E-state index in [9.17, 15) is 23.2 Å². The summed E-state index contributed by atoms with van der Waals surface area (Å²) in [5, 5.41) is 20.4. The van der Waals surface area contributed by atoms with Crippen molar-refractivity contribution in [2.75, 3.05) is 33.2 Å². The summed E-state index contributed by atoms with van der Waals surface area (Å²) in [4.78, 5) is 28.2. The van der Waals surface area contributed by atoms with E-state index in [-0.39, 0.29) is 28.7 Å². The molecule has 1 aromatic heterocycles. The molecular weight excluding hydrogens is 506 g/mol. The molecule has 0 aliphatic rings. The maximum Gasteiger partial charge on any atom is 0.358 e. The smallest absolute Gasteiger partial charge is 0.358 e. The molecule has 0 atom stereocenters. The zero-order valence-corrected chi connectivity index (χ0v) is 21.1. The first kappa shape index (κ1) is 27.1. The second-order valence-electron chi connectivity index (χ2n) is 7.69. The minimum absolute atomic E-state index is 0.0158. The molecule has 0 unspecified atom stereocenters. The van der Waals surface area contributed by atoms with Gasteiger partial charge >= 0.3 is 11.9 Å². The maximum atomic E-state index is 12.7. The average molecular weight is 532 g/mol. The van der Waals surface area contributed by atoms with E-state index in [0.717, 1.165) is 16.8 Å². The number of hydrazine groups is 1. The highest BCUT2D eigenvalue weighted by atomic mass is 32.2. The molecule has 3 aromatic rings. The number of hydrogen-bond acceptors (Lipinski definition) is 10. The second kappa shape index (κ2) is 12.0. The molecule has 0 N–H and O–H groups in total. The summed E-state index contributed by atoms with van der Waals surface area (Å²) in [6, 6.07) is 16.9. The maximum absolute atomic E-state index is 12.7. The van der Waals surface area contributed by atoms with E-state index < -0.39 is 28.6 Å². The Morgan fingerprint density at radius 3 is 2.41 bits per heavy atom. The van der Waals surface area contributed by atoms with Crippen LogP contribution >= 0.6 is 0 Å². The van der Waals surface area contributed by atoms with Gasteiger partial charge in [-0.05, 0) is 30.3 Å². The van der Waals surface area contributed by atoms with Crippen molar-refractivity contribution < 1.29 is 37.3 Å². The number of carbonyl (C=O) groups excluding carboxylic acids is 2. The van der Waals surface area contributed by atoms with E-state index in [1.54, 1.807) is 18.2 Å². The Kier molecular flexibility index (Phi) is 8.79. The van der Waals surface area contributed by atoms with Crippen LogP contribution in [0.15, 0.2) is 70.8 Å². The summed E-state index contributed by atoms with van der Waals surface area (Å²) in [7, 11) is -1.98. The molecule has 0 fully saturated rings. The van der Waals surface area contributed by atoms with Crippen LogP contribution in [0.5, 0.6) is 0 Å². The average Bonchev–Trinajstić information content (AvgIpc) is 3.32. The molecule has 37 heavy (non-hydrogen) atoms. The molecule has 2 aromatic carbocycles. The molecule has 0 saturated carbocycles. The number of benzene rings is 2. The quantitative estimate of drug-likeness (QED) is 0.0899. The van der Waals surface area contributed by atoms with Gasteiger partial charge in [0.15, 0.2) is 15.5 Å². The Morgan fingerprint density at radius 1 is 1.11 bits per heavy atom. The summed E-state index contributed by atoms with van der Waals surface area (Å²) < 4.78 is 34.9. The summed E-state index contributed by atoms with van der Waals surface area (Å²) >= 11 is 0. The molecule has 0 saturated heterocycles. The van der Waals surface area contributed by atoms with E-state index in [1.807, 2.05) is 30.3 Å². The van der Waals surface area contributed by atoms with Gasteiger partial charge in [0.25, 0.3) is 6.79 Å². The van der Waals surface area contributed by atoms with E-state index >= 15 is 0 Å². The van der Waals surface area contributed by atoms with Crippen LogP contribution in [0.1, 0.15) is 17.4 Å². The molecule has 0 spiro atoms. The van der Waals surface area contributed by atoms with Gasteiger partial charge in [-0.25, -0.2) is 17.9 Å². The lowest BCUT2D eigenvalue weighted by atomic mass is 10.1. The van der Waals surface area contributed by atoms with Gasteiger partial charge in [-0.3, -0.25) is 4.79 Å². The third-order valence-corrected chi connectivity index (χ3v) is 6.01. The standard InChI is InChI=1S/C23H25N5O8S/c1-17(29)35-16-36-25-28(31)26(2)13-14-34-23(30)21-15-22(18-7-5-4-6-8-18)27(24-21)19-9-11-20(12-10-19)37(3,32)33/h4-12,15H,13-14,16H2,1-3H3/b28-25+. The molecule has 0 radical (unpaired) electrons. The highest BCUT2D eigenvalue weighted by Gasteiger charge is 2.19. The Labute approximate surface area is 212 Å². The summed E-state index contributed by atoms with van der Waals surface area (Å²) in [6.45, 7) is 0.485. The lowest BCUT2D eigenvalue weighted by Crippen LogP contribution is -2.30. The molecule has 13 nitrogen and oxygen atoms in total. The van der Waals surface area contributed by atoms with Crippen molar-refractivity contribution >= 4 is 21.8 Å². The Hall–Kier alpha value is -4.46. The number of esters is 2. The SMILES string of the molecule is CC(=O)OCO/N=[N+](/[O-])N(C)CCOC(=O)c1cc(-c2ccccc2)n(-c2ccc(S(C)(=O)=O)cc2)n1. The summed E-state index contributed by atoms with van der Waals surface area (Å²) in [6.07, 6.45) is 1.12. The first-order valence-corrected chi connectivity index (χ1v) is 12.7. The van der Waals surface area contributed by atoms with Gasteiger partial charge in [-0.2, -0.15) is 5.10 Å². The van der Waals surface area contributed by atoms with Crippen LogP contribution in [0.4, 0.5) is 0 Å². The van der Waals surface area contributed by atoms with Crippen molar-refractivity contribution in [3.05, 3.63) is 71.6 Å². The Balaban J connectivity index is 1.72. The first-order valence-electron chi connectivity index (χ1n) is 10.8. The molecule has 0 amide bonds. The van der Waals surface area contributed by atoms with Crippen molar-refractivity contribution in [1.82, 2.24) is 14.8 Å². The van der Waals surface area contributed by atoms with Gasteiger partial charge in [-0.1, -0.05) is 30.3 Å². The summed E-state index contributed by atoms with van der Waals surface area (Å²) in [5.74, 6) is -1.31. The van der Waals surface area contributed by atoms with E-state index in [2.05, 4.69) is 20.0 Å². The number of carbonyl (C=O) groups is 2. The normalized spacial score (nSPS) is 11.6. The second-order valence-corrected chi connectivity index (χ2v) is 9.71. The van der Waals surface area contributed by atoms with Crippen LogP contribution in [-0.4, -0.2) is 73.4 Å². The third-order valence-electron chi connectivity index (χ3n) is 4.88. The Bertz CT molecular complexity index is 1370. The van der Waals surface area contributed by atoms with Crippen LogP contribution in [0.25, 0.3) is 16.9 Å². The number of hydrogen-bond donors (Lipinski definition) is 0. The molecule has 0 aliphatic carbocycles. The number of nitrogens with zero attached hydrogens (tertiary/aromatic N) is 5. The van der Waals surface area contributed by atoms with Gasteiger partial charge in [0.2, 0.25) is 5.28 Å². The van der Waals surface area contributed by atoms with Crippen LogP contribution in [0.2, 0.25) is 0 Å². The predicted octanol–water partition coefficient (Wildman–Crippen LogP) is 2.36. The third kappa shape index (κ3) is 7.51. The number of aromatic nitrogens is 2. The van der Waals surface area contributed by atoms with Gasteiger partial charge in [0.1, 0.15) is 13.2 Å². The van der Waals surface area contributed by atoms with Crippen LogP contribution < -0.4 is 0 Å². The van der Waals surface area contributed by atoms with Crippen LogP contribution in [-0.2, 0) is 28.9 Å². The fraction of sp³-hybridized carbons (Fsp3) is 0.261.